The standard InChI is InChI=1S/C19H24N2O3/c1-19(2,3)11-17(22)24-21-13-16(15-7-5-4-6-8-15)20(18(21)23)12-14-9-10-14/h4-8,13-14H,9-12H2,1-3H3. The molecule has 24 heavy (non-hydrogen) atoms. The van der Waals surface area contributed by atoms with E-state index in [1.54, 1.807) is 10.8 Å². The van der Waals surface area contributed by atoms with Crippen molar-refractivity contribution in [3.63, 3.8) is 0 Å². The van der Waals surface area contributed by atoms with Crippen molar-refractivity contribution in [1.29, 1.82) is 0 Å². The van der Waals surface area contributed by atoms with Gasteiger partial charge in [0.25, 0.3) is 0 Å². The zero-order chi connectivity index (χ0) is 17.3. The Labute approximate surface area is 141 Å². The molecule has 5 heteroatoms. The number of hydrogen-bond donors (Lipinski definition) is 0. The SMILES string of the molecule is CC(C)(C)CC(=O)On1cc(-c2ccccc2)n(CC2CC2)c1=O. The first-order chi connectivity index (χ1) is 11.3. The van der Waals surface area contributed by atoms with Crippen molar-refractivity contribution in [3.8, 4) is 11.3 Å². The number of nitrogens with zero attached hydrogens (tertiary/aromatic N) is 2. The molecular formula is C19H24N2O3. The second kappa shape index (κ2) is 6.30. The maximum absolute atomic E-state index is 12.7. The summed E-state index contributed by atoms with van der Waals surface area (Å²) in [5, 5.41) is 0. The van der Waals surface area contributed by atoms with Crippen LogP contribution >= 0.6 is 0 Å². The van der Waals surface area contributed by atoms with Gasteiger partial charge in [-0.2, -0.15) is 0 Å². The molecule has 1 heterocycles. The first-order valence-electron chi connectivity index (χ1n) is 8.42. The monoisotopic (exact) mass is 328 g/mol. The van der Waals surface area contributed by atoms with E-state index in [4.69, 9.17) is 4.84 Å². The number of carbonyl (C=O) groups is 1. The Hall–Kier alpha value is -2.30. The van der Waals surface area contributed by atoms with E-state index in [0.29, 0.717) is 12.5 Å². The predicted molar refractivity (Wildman–Crippen MR) is 92.5 cm³/mol. The molecule has 1 aliphatic carbocycles. The zero-order valence-electron chi connectivity index (χ0n) is 14.5. The van der Waals surface area contributed by atoms with Crippen LogP contribution in [-0.4, -0.2) is 15.3 Å². The van der Waals surface area contributed by atoms with Crippen molar-refractivity contribution in [2.45, 2.75) is 46.6 Å². The maximum atomic E-state index is 12.7. The largest absolute Gasteiger partial charge is 0.362 e. The maximum Gasteiger partial charge on any atom is 0.362 e. The summed E-state index contributed by atoms with van der Waals surface area (Å²) in [4.78, 5) is 30.1. The second-order valence-electron chi connectivity index (χ2n) is 7.74. The number of hydrogen-bond acceptors (Lipinski definition) is 3. The van der Waals surface area contributed by atoms with Crippen molar-refractivity contribution in [2.24, 2.45) is 11.3 Å². The molecule has 128 valence electrons. The molecule has 0 radical (unpaired) electrons. The molecule has 0 amide bonds. The van der Waals surface area contributed by atoms with Gasteiger partial charge in [-0.15, -0.1) is 4.73 Å². The highest BCUT2D eigenvalue weighted by Crippen LogP contribution is 2.31. The van der Waals surface area contributed by atoms with Gasteiger partial charge in [-0.1, -0.05) is 51.1 Å². The summed E-state index contributed by atoms with van der Waals surface area (Å²) >= 11 is 0. The lowest BCUT2D eigenvalue weighted by Gasteiger charge is -2.15. The number of aromatic nitrogens is 2. The lowest BCUT2D eigenvalue weighted by Crippen LogP contribution is -2.33. The van der Waals surface area contributed by atoms with E-state index < -0.39 is 5.97 Å². The Bertz CT molecular complexity index is 777. The summed E-state index contributed by atoms with van der Waals surface area (Å²) in [5.41, 5.74) is 1.26. The fourth-order valence-corrected chi connectivity index (χ4v) is 2.67. The summed E-state index contributed by atoms with van der Waals surface area (Å²) in [6.07, 6.45) is 4.18. The highest BCUT2D eigenvalue weighted by Gasteiger charge is 2.26. The molecule has 0 bridgehead atoms. The summed E-state index contributed by atoms with van der Waals surface area (Å²) in [5.74, 6) is 0.152. The summed E-state index contributed by atoms with van der Waals surface area (Å²) in [6.45, 7) is 6.56. The summed E-state index contributed by atoms with van der Waals surface area (Å²) < 4.78 is 2.80. The number of rotatable bonds is 5. The highest BCUT2D eigenvalue weighted by atomic mass is 16.7. The molecule has 0 aliphatic heterocycles. The molecule has 3 rings (SSSR count). The molecule has 1 saturated carbocycles. The van der Waals surface area contributed by atoms with Gasteiger partial charge in [0.15, 0.2) is 0 Å². The third-order valence-electron chi connectivity index (χ3n) is 4.03. The molecule has 0 saturated heterocycles. The molecule has 1 fully saturated rings. The lowest BCUT2D eigenvalue weighted by atomic mass is 9.93. The molecule has 1 aliphatic rings. The summed E-state index contributed by atoms with van der Waals surface area (Å²) in [6, 6.07) is 9.72. The van der Waals surface area contributed by atoms with Crippen molar-refractivity contribution < 1.29 is 9.63 Å². The van der Waals surface area contributed by atoms with Crippen LogP contribution in [0.2, 0.25) is 0 Å². The third kappa shape index (κ3) is 3.96. The van der Waals surface area contributed by atoms with Gasteiger partial charge < -0.3 is 4.84 Å². The topological polar surface area (TPSA) is 53.2 Å². The van der Waals surface area contributed by atoms with Crippen LogP contribution in [0.3, 0.4) is 0 Å². The average molecular weight is 328 g/mol. The quantitative estimate of drug-likeness (QED) is 0.847. The van der Waals surface area contributed by atoms with Crippen LogP contribution in [0.1, 0.15) is 40.0 Å². The van der Waals surface area contributed by atoms with E-state index in [-0.39, 0.29) is 17.5 Å². The van der Waals surface area contributed by atoms with E-state index in [1.807, 2.05) is 51.1 Å². The van der Waals surface area contributed by atoms with Crippen LogP contribution in [-0.2, 0) is 11.3 Å². The van der Waals surface area contributed by atoms with Gasteiger partial charge in [-0.3, -0.25) is 4.57 Å². The van der Waals surface area contributed by atoms with E-state index in [9.17, 15) is 9.59 Å². The minimum absolute atomic E-state index is 0.181. The van der Waals surface area contributed by atoms with Crippen molar-refractivity contribution in [3.05, 3.63) is 47.0 Å². The molecule has 1 aromatic carbocycles. The van der Waals surface area contributed by atoms with Gasteiger partial charge in [-0.05, 0) is 29.7 Å². The third-order valence-corrected chi connectivity index (χ3v) is 4.03. The van der Waals surface area contributed by atoms with Crippen LogP contribution in [0, 0.1) is 11.3 Å². The molecule has 5 nitrogen and oxygen atoms in total. The number of imidazole rings is 1. The van der Waals surface area contributed by atoms with Crippen LogP contribution in [0.4, 0.5) is 0 Å². The van der Waals surface area contributed by atoms with E-state index >= 15 is 0 Å². The Balaban J connectivity index is 1.91. The van der Waals surface area contributed by atoms with Gasteiger partial charge in [0.1, 0.15) is 0 Å². The second-order valence-corrected chi connectivity index (χ2v) is 7.74. The van der Waals surface area contributed by atoms with Crippen LogP contribution in [0.15, 0.2) is 41.3 Å². The van der Waals surface area contributed by atoms with Gasteiger partial charge in [0, 0.05) is 6.54 Å². The fourth-order valence-electron chi connectivity index (χ4n) is 2.67. The van der Waals surface area contributed by atoms with Gasteiger partial charge in [0.2, 0.25) is 0 Å². The first kappa shape index (κ1) is 16.6. The van der Waals surface area contributed by atoms with Crippen molar-refractivity contribution in [2.75, 3.05) is 0 Å². The highest BCUT2D eigenvalue weighted by molar-refractivity contribution is 5.70. The molecule has 0 spiro atoms. The molecule has 0 unspecified atom stereocenters. The van der Waals surface area contributed by atoms with Crippen LogP contribution in [0.5, 0.6) is 0 Å². The van der Waals surface area contributed by atoms with Gasteiger partial charge in [-0.25, -0.2) is 9.59 Å². The smallest absolute Gasteiger partial charge is 0.332 e. The minimum atomic E-state index is -0.396. The molecule has 0 N–H and O–H groups in total. The fraction of sp³-hybridized carbons (Fsp3) is 0.474. The minimum Gasteiger partial charge on any atom is -0.332 e. The van der Waals surface area contributed by atoms with Crippen LogP contribution < -0.4 is 10.5 Å². The summed E-state index contributed by atoms with van der Waals surface area (Å²) in [7, 11) is 0. The number of benzene rings is 1. The van der Waals surface area contributed by atoms with Crippen molar-refractivity contribution >= 4 is 5.97 Å². The van der Waals surface area contributed by atoms with E-state index in [1.165, 1.54) is 0 Å². The molecular weight excluding hydrogens is 304 g/mol. The zero-order valence-corrected chi connectivity index (χ0v) is 14.5. The van der Waals surface area contributed by atoms with Gasteiger partial charge >= 0.3 is 11.7 Å². The lowest BCUT2D eigenvalue weighted by molar-refractivity contribution is -0.146. The van der Waals surface area contributed by atoms with E-state index in [2.05, 4.69) is 0 Å². The Kier molecular flexibility index (Phi) is 4.35. The predicted octanol–water partition coefficient (Wildman–Crippen LogP) is 3.12. The van der Waals surface area contributed by atoms with Gasteiger partial charge in [0.05, 0.1) is 18.3 Å². The first-order valence-corrected chi connectivity index (χ1v) is 8.42. The number of carbonyl (C=O) groups excluding carboxylic acids is 1. The normalized spacial score (nSPS) is 14.6. The molecule has 2 aromatic rings. The molecule has 1 aromatic heterocycles. The van der Waals surface area contributed by atoms with E-state index in [0.717, 1.165) is 28.8 Å². The Morgan fingerprint density at radius 1 is 1.21 bits per heavy atom. The van der Waals surface area contributed by atoms with Crippen LogP contribution in [0.25, 0.3) is 11.3 Å². The Morgan fingerprint density at radius 3 is 2.46 bits per heavy atom. The molecule has 0 atom stereocenters. The Morgan fingerprint density at radius 2 is 1.88 bits per heavy atom. The van der Waals surface area contributed by atoms with Crippen molar-refractivity contribution in [1.82, 2.24) is 9.30 Å². The average Bonchev–Trinajstić information content (AvgIpc) is 3.27.